The van der Waals surface area contributed by atoms with Gasteiger partial charge < -0.3 is 5.11 Å². The molecule has 4 rings (SSSR count). The first-order valence-corrected chi connectivity index (χ1v) is 10.1. The Hall–Kier alpha value is -3.80. The molecule has 6 heteroatoms. The van der Waals surface area contributed by atoms with E-state index in [0.717, 1.165) is 11.1 Å². The van der Waals surface area contributed by atoms with E-state index in [9.17, 15) is 14.7 Å². The molecule has 2 aromatic carbocycles. The van der Waals surface area contributed by atoms with Gasteiger partial charge in [-0.3, -0.25) is 14.5 Å². The molecule has 0 bridgehead atoms. The van der Waals surface area contributed by atoms with Crippen molar-refractivity contribution in [3.05, 3.63) is 100 Å². The molecule has 0 radical (unpaired) electrons. The summed E-state index contributed by atoms with van der Waals surface area (Å²) in [6.07, 6.45) is 1.50. The van der Waals surface area contributed by atoms with Gasteiger partial charge in [0, 0.05) is 11.8 Å². The SMILES string of the molecule is Cc1ccc(C(=O)C2=C(O)C(=O)N(c3cccnn3)C2c2ccc(C(C)C)cc2)cc1. The molecule has 1 amide bonds. The van der Waals surface area contributed by atoms with Crippen molar-refractivity contribution in [2.24, 2.45) is 0 Å². The highest BCUT2D eigenvalue weighted by Gasteiger charge is 2.45. The summed E-state index contributed by atoms with van der Waals surface area (Å²) in [5, 5.41) is 18.7. The monoisotopic (exact) mass is 413 g/mol. The number of carbonyl (C=O) groups excluding carboxylic acids is 2. The number of hydrogen-bond donors (Lipinski definition) is 1. The van der Waals surface area contributed by atoms with E-state index in [1.807, 2.05) is 43.3 Å². The molecule has 1 atom stereocenters. The molecule has 0 aliphatic carbocycles. The zero-order chi connectivity index (χ0) is 22.1. The van der Waals surface area contributed by atoms with Crippen molar-refractivity contribution in [2.75, 3.05) is 4.90 Å². The van der Waals surface area contributed by atoms with Crippen LogP contribution in [-0.2, 0) is 4.79 Å². The van der Waals surface area contributed by atoms with E-state index < -0.39 is 23.5 Å². The Morgan fingerprint density at radius 3 is 2.29 bits per heavy atom. The summed E-state index contributed by atoms with van der Waals surface area (Å²) in [5.41, 5.74) is 3.31. The highest BCUT2D eigenvalue weighted by Crippen LogP contribution is 2.41. The Morgan fingerprint density at radius 2 is 1.71 bits per heavy atom. The van der Waals surface area contributed by atoms with E-state index in [1.54, 1.807) is 24.3 Å². The fourth-order valence-corrected chi connectivity index (χ4v) is 3.73. The summed E-state index contributed by atoms with van der Waals surface area (Å²) >= 11 is 0. The molecule has 6 nitrogen and oxygen atoms in total. The number of hydrogen-bond acceptors (Lipinski definition) is 5. The van der Waals surface area contributed by atoms with Gasteiger partial charge in [-0.2, -0.15) is 5.10 Å². The fraction of sp³-hybridized carbons (Fsp3) is 0.200. The number of aliphatic hydroxyl groups is 1. The molecule has 156 valence electrons. The average molecular weight is 413 g/mol. The van der Waals surface area contributed by atoms with Crippen LogP contribution in [0.4, 0.5) is 5.82 Å². The number of anilines is 1. The van der Waals surface area contributed by atoms with Gasteiger partial charge in [-0.15, -0.1) is 5.10 Å². The summed E-state index contributed by atoms with van der Waals surface area (Å²) in [6.45, 7) is 6.12. The van der Waals surface area contributed by atoms with Crippen LogP contribution in [0.3, 0.4) is 0 Å². The molecule has 31 heavy (non-hydrogen) atoms. The number of aromatic nitrogens is 2. The molecule has 3 aromatic rings. The first-order valence-electron chi connectivity index (χ1n) is 10.1. The predicted molar refractivity (Wildman–Crippen MR) is 118 cm³/mol. The second-order valence-corrected chi connectivity index (χ2v) is 7.94. The molecule has 0 saturated carbocycles. The van der Waals surface area contributed by atoms with Gasteiger partial charge in [-0.25, -0.2) is 0 Å². The van der Waals surface area contributed by atoms with E-state index in [-0.39, 0.29) is 11.4 Å². The lowest BCUT2D eigenvalue weighted by Gasteiger charge is -2.25. The van der Waals surface area contributed by atoms with Crippen molar-refractivity contribution in [1.29, 1.82) is 0 Å². The molecule has 0 saturated heterocycles. The third kappa shape index (κ3) is 3.72. The molecular weight excluding hydrogens is 390 g/mol. The lowest BCUT2D eigenvalue weighted by atomic mass is 9.91. The number of rotatable bonds is 5. The number of benzene rings is 2. The van der Waals surface area contributed by atoms with Gasteiger partial charge in [0.2, 0.25) is 0 Å². The third-order valence-electron chi connectivity index (χ3n) is 5.49. The second kappa shape index (κ2) is 8.14. The minimum atomic E-state index is -0.806. The van der Waals surface area contributed by atoms with Crippen LogP contribution in [0, 0.1) is 6.92 Å². The topological polar surface area (TPSA) is 83.4 Å². The summed E-state index contributed by atoms with van der Waals surface area (Å²) in [6, 6.07) is 17.3. The summed E-state index contributed by atoms with van der Waals surface area (Å²) in [4.78, 5) is 27.8. The second-order valence-electron chi connectivity index (χ2n) is 7.94. The molecule has 1 aliphatic heterocycles. The van der Waals surface area contributed by atoms with E-state index >= 15 is 0 Å². The smallest absolute Gasteiger partial charge is 0.295 e. The van der Waals surface area contributed by atoms with Crippen molar-refractivity contribution in [3.8, 4) is 0 Å². The molecule has 0 fully saturated rings. The first kappa shape index (κ1) is 20.5. The van der Waals surface area contributed by atoms with Crippen LogP contribution < -0.4 is 4.90 Å². The number of ketones is 1. The number of aryl methyl sites for hydroxylation is 1. The van der Waals surface area contributed by atoms with E-state index in [0.29, 0.717) is 17.0 Å². The highest BCUT2D eigenvalue weighted by atomic mass is 16.3. The zero-order valence-electron chi connectivity index (χ0n) is 17.6. The van der Waals surface area contributed by atoms with Crippen molar-refractivity contribution in [1.82, 2.24) is 10.2 Å². The number of aliphatic hydroxyl groups excluding tert-OH is 1. The van der Waals surface area contributed by atoms with Crippen LogP contribution in [0.15, 0.2) is 78.2 Å². The van der Waals surface area contributed by atoms with Gasteiger partial charge in [-0.1, -0.05) is 67.9 Å². The largest absolute Gasteiger partial charge is 0.503 e. The molecular formula is C25H23N3O3. The molecule has 1 N–H and O–H groups in total. The van der Waals surface area contributed by atoms with Gasteiger partial charge in [0.15, 0.2) is 17.4 Å². The quantitative estimate of drug-likeness (QED) is 0.614. The van der Waals surface area contributed by atoms with Crippen LogP contribution >= 0.6 is 0 Å². The normalized spacial score (nSPS) is 16.3. The van der Waals surface area contributed by atoms with Gasteiger partial charge in [0.1, 0.15) is 0 Å². The first-order chi connectivity index (χ1) is 14.9. The molecule has 1 unspecified atom stereocenters. The van der Waals surface area contributed by atoms with Crippen molar-refractivity contribution < 1.29 is 14.7 Å². The maximum atomic E-state index is 13.4. The van der Waals surface area contributed by atoms with Crippen LogP contribution in [0.5, 0.6) is 0 Å². The lowest BCUT2D eigenvalue weighted by molar-refractivity contribution is -0.117. The number of Topliss-reactive ketones (excluding diaryl/α,β-unsaturated/α-hetero) is 1. The molecule has 1 aliphatic rings. The summed E-state index contributed by atoms with van der Waals surface area (Å²) in [5.74, 6) is -1.02. The van der Waals surface area contributed by atoms with Crippen LogP contribution in [0.25, 0.3) is 0 Å². The standard InChI is InChI=1S/C25H23N3O3/c1-15(2)17-10-12-18(13-11-17)22-21(23(29)19-8-6-16(3)7-9-19)24(30)25(31)28(22)20-5-4-14-26-27-20/h4-15,22,30H,1-3H3. The van der Waals surface area contributed by atoms with Gasteiger partial charge in [0.25, 0.3) is 5.91 Å². The lowest BCUT2D eigenvalue weighted by Crippen LogP contribution is -2.32. The molecule has 2 heterocycles. The van der Waals surface area contributed by atoms with Gasteiger partial charge >= 0.3 is 0 Å². The van der Waals surface area contributed by atoms with Gasteiger partial charge in [0.05, 0.1) is 11.6 Å². The number of nitrogens with zero attached hydrogens (tertiary/aromatic N) is 3. The van der Waals surface area contributed by atoms with Crippen LogP contribution in [0.1, 0.15) is 52.9 Å². The van der Waals surface area contributed by atoms with Gasteiger partial charge in [-0.05, 0) is 36.1 Å². The summed E-state index contributed by atoms with van der Waals surface area (Å²) in [7, 11) is 0. The Labute approximate surface area is 180 Å². The number of carbonyl (C=O) groups is 2. The maximum Gasteiger partial charge on any atom is 0.295 e. The van der Waals surface area contributed by atoms with E-state index in [1.165, 1.54) is 11.1 Å². The third-order valence-corrected chi connectivity index (χ3v) is 5.49. The number of amides is 1. The minimum Gasteiger partial charge on any atom is -0.503 e. The Balaban J connectivity index is 1.85. The Kier molecular flexibility index (Phi) is 5.38. The van der Waals surface area contributed by atoms with E-state index in [2.05, 4.69) is 24.0 Å². The highest BCUT2D eigenvalue weighted by molar-refractivity contribution is 6.20. The zero-order valence-corrected chi connectivity index (χ0v) is 17.6. The predicted octanol–water partition coefficient (Wildman–Crippen LogP) is 4.69. The van der Waals surface area contributed by atoms with Crippen molar-refractivity contribution >= 4 is 17.5 Å². The fourth-order valence-electron chi connectivity index (χ4n) is 3.73. The molecule has 0 spiro atoms. The van der Waals surface area contributed by atoms with Crippen LogP contribution in [-0.4, -0.2) is 27.0 Å². The van der Waals surface area contributed by atoms with E-state index in [4.69, 9.17) is 0 Å². The van der Waals surface area contributed by atoms with Crippen molar-refractivity contribution in [3.63, 3.8) is 0 Å². The minimum absolute atomic E-state index is 0.0387. The maximum absolute atomic E-state index is 13.4. The molecule has 1 aromatic heterocycles. The Morgan fingerprint density at radius 1 is 1.03 bits per heavy atom. The Bertz CT molecular complexity index is 1150. The van der Waals surface area contributed by atoms with Crippen molar-refractivity contribution in [2.45, 2.75) is 32.7 Å². The average Bonchev–Trinajstić information content (AvgIpc) is 3.05. The summed E-state index contributed by atoms with van der Waals surface area (Å²) < 4.78 is 0. The van der Waals surface area contributed by atoms with Crippen LogP contribution in [0.2, 0.25) is 0 Å².